The Morgan fingerprint density at radius 3 is 2.40 bits per heavy atom. The van der Waals surface area contributed by atoms with Crippen molar-refractivity contribution in [2.75, 3.05) is 0 Å². The Kier molecular flexibility index (Phi) is 4.09. The van der Waals surface area contributed by atoms with Crippen LogP contribution in [0.4, 0.5) is 0 Å². The molecule has 0 amide bonds. The lowest BCUT2D eigenvalue weighted by Gasteiger charge is -2.09. The summed E-state index contributed by atoms with van der Waals surface area (Å²) in [6.45, 7) is 0. The monoisotopic (exact) mass is 327 g/mol. The molecule has 3 aromatic carbocycles. The minimum Gasteiger partial charge on any atom is -0.267 e. The second-order valence-electron chi connectivity index (χ2n) is 5.94. The third-order valence-corrected chi connectivity index (χ3v) is 4.32. The van der Waals surface area contributed by atoms with E-state index >= 15 is 0 Å². The van der Waals surface area contributed by atoms with Gasteiger partial charge in [0.05, 0.1) is 5.52 Å². The second kappa shape index (κ2) is 6.69. The van der Waals surface area contributed by atoms with Crippen LogP contribution in [0.5, 0.6) is 0 Å². The summed E-state index contributed by atoms with van der Waals surface area (Å²) in [7, 11) is 0. The molecule has 4 rings (SSSR count). The van der Waals surface area contributed by atoms with Crippen molar-refractivity contribution in [3.63, 3.8) is 0 Å². The normalized spacial score (nSPS) is 10.9. The van der Waals surface area contributed by atoms with Gasteiger partial charge >= 0.3 is 0 Å². The SMILES string of the molecule is O=C(c1ccccc1CCc1ccccc1)n1nnc2ccccc21. The molecule has 1 aromatic heterocycles. The molecule has 4 heteroatoms. The fraction of sp³-hybridized carbons (Fsp3) is 0.0952. The topological polar surface area (TPSA) is 47.8 Å². The van der Waals surface area contributed by atoms with Crippen LogP contribution in [0.15, 0.2) is 78.9 Å². The predicted molar refractivity (Wildman–Crippen MR) is 97.5 cm³/mol. The number of aromatic nitrogens is 3. The fourth-order valence-corrected chi connectivity index (χ4v) is 3.00. The fourth-order valence-electron chi connectivity index (χ4n) is 3.00. The zero-order chi connectivity index (χ0) is 17.1. The first-order valence-electron chi connectivity index (χ1n) is 8.30. The highest BCUT2D eigenvalue weighted by atomic mass is 16.2. The van der Waals surface area contributed by atoms with E-state index in [1.165, 1.54) is 10.2 Å². The summed E-state index contributed by atoms with van der Waals surface area (Å²) in [6, 6.07) is 25.5. The number of rotatable bonds is 4. The van der Waals surface area contributed by atoms with E-state index in [1.54, 1.807) is 0 Å². The smallest absolute Gasteiger partial charge is 0.267 e. The summed E-state index contributed by atoms with van der Waals surface area (Å²) in [6.07, 6.45) is 1.70. The van der Waals surface area contributed by atoms with Crippen LogP contribution in [0.2, 0.25) is 0 Å². The number of aryl methyl sites for hydroxylation is 2. The van der Waals surface area contributed by atoms with Gasteiger partial charge in [-0.05, 0) is 42.2 Å². The minimum atomic E-state index is -0.141. The highest BCUT2D eigenvalue weighted by Crippen LogP contribution is 2.17. The highest BCUT2D eigenvalue weighted by molar-refractivity contribution is 6.01. The van der Waals surface area contributed by atoms with Crippen molar-refractivity contribution in [1.82, 2.24) is 15.0 Å². The third kappa shape index (κ3) is 3.06. The lowest BCUT2D eigenvalue weighted by molar-refractivity contribution is 0.0947. The minimum absolute atomic E-state index is 0.141. The lowest BCUT2D eigenvalue weighted by atomic mass is 9.99. The standard InChI is InChI=1S/C21H17N3O/c25-21(24-20-13-7-6-12-19(20)22-23-24)18-11-5-4-10-17(18)15-14-16-8-2-1-3-9-16/h1-13H,14-15H2. The van der Waals surface area contributed by atoms with E-state index in [4.69, 9.17) is 0 Å². The molecule has 0 aliphatic carbocycles. The van der Waals surface area contributed by atoms with Crippen LogP contribution in [-0.4, -0.2) is 20.9 Å². The van der Waals surface area contributed by atoms with Gasteiger partial charge in [0.15, 0.2) is 0 Å². The van der Waals surface area contributed by atoms with Crippen molar-refractivity contribution < 1.29 is 4.79 Å². The average molecular weight is 327 g/mol. The molecule has 0 saturated carbocycles. The Labute approximate surface area is 145 Å². The third-order valence-electron chi connectivity index (χ3n) is 4.32. The Morgan fingerprint density at radius 2 is 1.52 bits per heavy atom. The molecule has 0 aliphatic rings. The van der Waals surface area contributed by atoms with Crippen LogP contribution in [-0.2, 0) is 12.8 Å². The van der Waals surface area contributed by atoms with Crippen molar-refractivity contribution in [3.05, 3.63) is 95.6 Å². The summed E-state index contributed by atoms with van der Waals surface area (Å²) >= 11 is 0. The Balaban J connectivity index is 1.65. The second-order valence-corrected chi connectivity index (χ2v) is 5.94. The molecule has 0 saturated heterocycles. The zero-order valence-corrected chi connectivity index (χ0v) is 13.7. The summed E-state index contributed by atoms with van der Waals surface area (Å²) in [4.78, 5) is 13.0. The Hall–Kier alpha value is -3.27. The maximum absolute atomic E-state index is 13.0. The van der Waals surface area contributed by atoms with E-state index in [9.17, 15) is 4.79 Å². The first kappa shape index (κ1) is 15.3. The number of nitrogens with zero attached hydrogens (tertiary/aromatic N) is 3. The average Bonchev–Trinajstić information content (AvgIpc) is 3.11. The van der Waals surface area contributed by atoms with Crippen molar-refractivity contribution in [2.24, 2.45) is 0 Å². The summed E-state index contributed by atoms with van der Waals surface area (Å²) in [5, 5.41) is 8.13. The Morgan fingerprint density at radius 1 is 0.800 bits per heavy atom. The number of para-hydroxylation sites is 1. The van der Waals surface area contributed by atoms with Crippen LogP contribution in [0.25, 0.3) is 11.0 Å². The highest BCUT2D eigenvalue weighted by Gasteiger charge is 2.16. The molecule has 0 bridgehead atoms. The van der Waals surface area contributed by atoms with E-state index in [2.05, 4.69) is 22.4 Å². The maximum Gasteiger partial charge on any atom is 0.280 e. The first-order chi connectivity index (χ1) is 12.3. The number of hydrogen-bond acceptors (Lipinski definition) is 3. The van der Waals surface area contributed by atoms with Crippen LogP contribution < -0.4 is 0 Å². The van der Waals surface area contributed by atoms with Gasteiger partial charge in [-0.25, -0.2) is 0 Å². The molecule has 0 atom stereocenters. The van der Waals surface area contributed by atoms with Gasteiger partial charge in [0.1, 0.15) is 5.52 Å². The van der Waals surface area contributed by atoms with Crippen molar-refractivity contribution in [3.8, 4) is 0 Å². The molecule has 122 valence electrons. The van der Waals surface area contributed by atoms with E-state index < -0.39 is 0 Å². The van der Waals surface area contributed by atoms with Gasteiger partial charge in [-0.2, -0.15) is 4.68 Å². The Bertz CT molecular complexity index is 1020. The molecule has 4 aromatic rings. The quantitative estimate of drug-likeness (QED) is 0.571. The summed E-state index contributed by atoms with van der Waals surface area (Å²) in [5.41, 5.74) is 4.41. The molecule has 25 heavy (non-hydrogen) atoms. The first-order valence-corrected chi connectivity index (χ1v) is 8.30. The molecule has 0 spiro atoms. The van der Waals surface area contributed by atoms with Gasteiger partial charge in [-0.3, -0.25) is 4.79 Å². The van der Waals surface area contributed by atoms with E-state index in [-0.39, 0.29) is 5.91 Å². The molecule has 1 heterocycles. The van der Waals surface area contributed by atoms with Crippen LogP contribution >= 0.6 is 0 Å². The van der Waals surface area contributed by atoms with E-state index in [1.807, 2.05) is 66.7 Å². The zero-order valence-electron chi connectivity index (χ0n) is 13.7. The van der Waals surface area contributed by atoms with Crippen molar-refractivity contribution in [2.45, 2.75) is 12.8 Å². The van der Waals surface area contributed by atoms with Gasteiger partial charge in [0.2, 0.25) is 0 Å². The predicted octanol–water partition coefficient (Wildman–Crippen LogP) is 3.91. The summed E-state index contributed by atoms with van der Waals surface area (Å²) in [5.74, 6) is -0.141. The van der Waals surface area contributed by atoms with E-state index in [0.717, 1.165) is 29.4 Å². The van der Waals surface area contributed by atoms with Crippen LogP contribution in [0.1, 0.15) is 21.5 Å². The molecule has 0 radical (unpaired) electrons. The number of fused-ring (bicyclic) bond motifs is 1. The van der Waals surface area contributed by atoms with Gasteiger partial charge in [-0.15, -0.1) is 5.10 Å². The van der Waals surface area contributed by atoms with Gasteiger partial charge in [-0.1, -0.05) is 65.9 Å². The molecular weight excluding hydrogens is 310 g/mol. The summed E-state index contributed by atoms with van der Waals surface area (Å²) < 4.78 is 1.39. The van der Waals surface area contributed by atoms with Gasteiger partial charge < -0.3 is 0 Å². The van der Waals surface area contributed by atoms with Crippen molar-refractivity contribution >= 4 is 16.9 Å². The van der Waals surface area contributed by atoms with Gasteiger partial charge in [0, 0.05) is 5.56 Å². The molecule has 0 fully saturated rings. The maximum atomic E-state index is 13.0. The van der Waals surface area contributed by atoms with Crippen LogP contribution in [0, 0.1) is 0 Å². The molecule has 0 aliphatic heterocycles. The lowest BCUT2D eigenvalue weighted by Crippen LogP contribution is -2.16. The number of carbonyl (C=O) groups is 1. The van der Waals surface area contributed by atoms with Gasteiger partial charge in [0.25, 0.3) is 5.91 Å². The molecule has 4 nitrogen and oxygen atoms in total. The van der Waals surface area contributed by atoms with Crippen LogP contribution in [0.3, 0.4) is 0 Å². The van der Waals surface area contributed by atoms with E-state index in [0.29, 0.717) is 5.56 Å². The number of benzene rings is 3. The molecular formula is C21H17N3O. The number of hydrogen-bond donors (Lipinski definition) is 0. The molecule has 0 unspecified atom stereocenters. The number of carbonyl (C=O) groups excluding carboxylic acids is 1. The largest absolute Gasteiger partial charge is 0.280 e. The molecule has 0 N–H and O–H groups in total. The van der Waals surface area contributed by atoms with Crippen molar-refractivity contribution in [1.29, 1.82) is 0 Å².